The van der Waals surface area contributed by atoms with E-state index in [1.807, 2.05) is 84.9 Å². The second-order valence-electron chi connectivity index (χ2n) is 21.0. The van der Waals surface area contributed by atoms with Gasteiger partial charge in [-0.05, 0) is 124 Å². The number of benzene rings is 4. The number of ether oxygens (including phenoxy) is 4. The summed E-state index contributed by atoms with van der Waals surface area (Å²) in [5.41, 5.74) is 4.82. The Hall–Kier alpha value is -4.48. The van der Waals surface area contributed by atoms with Crippen molar-refractivity contribution in [2.45, 2.75) is 129 Å². The summed E-state index contributed by atoms with van der Waals surface area (Å²) in [6.45, 7) is 11.4. The van der Waals surface area contributed by atoms with Crippen LogP contribution in [0.2, 0.25) is 0 Å². The minimum absolute atomic E-state index is 0.00633. The van der Waals surface area contributed by atoms with Crippen LogP contribution in [0, 0.1) is 33.5 Å². The summed E-state index contributed by atoms with van der Waals surface area (Å²) in [5, 5.41) is 44.5. The zero-order valence-corrected chi connectivity index (χ0v) is 43.0. The van der Waals surface area contributed by atoms with Crippen LogP contribution in [0.1, 0.15) is 112 Å². The van der Waals surface area contributed by atoms with Crippen LogP contribution in [0.4, 0.5) is 0 Å². The average molecular weight is 981 g/mol. The molecule has 0 spiro atoms. The Labute approximate surface area is 431 Å². The smallest absolute Gasteiger partial charge is 0.0720 e. The van der Waals surface area contributed by atoms with Gasteiger partial charge in [0.1, 0.15) is 0 Å². The molecule has 8 heteroatoms. The van der Waals surface area contributed by atoms with Gasteiger partial charge in [-0.25, -0.2) is 0 Å². The van der Waals surface area contributed by atoms with E-state index in [-0.39, 0.29) is 38.6 Å². The molecule has 0 aliphatic heterocycles. The summed E-state index contributed by atoms with van der Waals surface area (Å²) in [6, 6.07) is 40.8. The standard InChI is InChI=1S/2C32H42O4/c2*1-2-19-32(25-34)30(36-23-27-13-7-4-8-14-27)18-17-28-15-9-16-29(28)31(32,24-33)20-10-21-35-22-26-11-5-3-6-12-26/h2*2-8,11-14,16,28,30,33-34H,1,9-10,15,17-25H2/t2*28-,30-,31-,32-/m10/s1. The topological polar surface area (TPSA) is 118 Å². The van der Waals surface area contributed by atoms with E-state index in [0.717, 1.165) is 99.3 Å². The number of aliphatic hydroxyl groups is 4. The first kappa shape index (κ1) is 55.3. The molecular weight excluding hydrogens is 897 g/mol. The Balaban J connectivity index is 0.000000211. The minimum atomic E-state index is -0.636. The third-order valence-corrected chi connectivity index (χ3v) is 17.2. The van der Waals surface area contributed by atoms with Crippen LogP contribution in [-0.4, -0.2) is 72.3 Å². The van der Waals surface area contributed by atoms with Gasteiger partial charge in [0.25, 0.3) is 0 Å². The third-order valence-electron chi connectivity index (χ3n) is 17.2. The number of allylic oxidation sites excluding steroid dienone is 4. The predicted octanol–water partition coefficient (Wildman–Crippen LogP) is 12.5. The van der Waals surface area contributed by atoms with Crippen LogP contribution in [0.15, 0.2) is 170 Å². The summed E-state index contributed by atoms with van der Waals surface area (Å²) < 4.78 is 25.3. The van der Waals surface area contributed by atoms with Gasteiger partial charge in [0, 0.05) is 34.9 Å². The van der Waals surface area contributed by atoms with Crippen molar-refractivity contribution in [3.8, 4) is 0 Å². The lowest BCUT2D eigenvalue weighted by molar-refractivity contribution is -0.144. The maximum atomic E-state index is 11.2. The highest BCUT2D eigenvalue weighted by Crippen LogP contribution is 2.62. The third kappa shape index (κ3) is 12.5. The summed E-state index contributed by atoms with van der Waals surface area (Å²) in [7, 11) is 0. The van der Waals surface area contributed by atoms with Crippen molar-refractivity contribution in [2.75, 3.05) is 39.6 Å². The maximum absolute atomic E-state index is 11.2. The summed E-state index contributed by atoms with van der Waals surface area (Å²) in [5.74, 6) is 0.868. The van der Waals surface area contributed by atoms with Gasteiger partial charge in [-0.3, -0.25) is 0 Å². The molecule has 4 aliphatic rings. The SMILES string of the molecule is C=CC[C@@]1(CO)[C@H](OCc2ccccc2)CC[C@H]2CCC=C2[C@]1(CO)CCCOCc1ccccc1.C=CC[C@]1(CO)[C@@H](OCc2ccccc2)CC[C@@H]2CCC=C2[C@@]1(CO)CCCOCc1ccccc1. The first-order valence-corrected chi connectivity index (χ1v) is 27.0. The second kappa shape index (κ2) is 27.7. The van der Waals surface area contributed by atoms with Crippen molar-refractivity contribution >= 4 is 0 Å². The molecule has 72 heavy (non-hydrogen) atoms. The lowest BCUT2D eigenvalue weighted by Crippen LogP contribution is -2.55. The largest absolute Gasteiger partial charge is 0.396 e. The number of aliphatic hydroxyl groups excluding tert-OH is 4. The molecular formula is C64H84O8. The molecule has 0 amide bonds. The first-order chi connectivity index (χ1) is 35.4. The van der Waals surface area contributed by atoms with Gasteiger partial charge >= 0.3 is 0 Å². The van der Waals surface area contributed by atoms with Gasteiger partial charge in [0.15, 0.2) is 0 Å². The Bertz CT molecular complexity index is 2110. The average Bonchev–Trinajstić information content (AvgIpc) is 4.08. The summed E-state index contributed by atoms with van der Waals surface area (Å²) in [4.78, 5) is 0. The second-order valence-corrected chi connectivity index (χ2v) is 21.0. The molecule has 0 aromatic heterocycles. The minimum Gasteiger partial charge on any atom is -0.396 e. The van der Waals surface area contributed by atoms with Gasteiger partial charge in [-0.1, -0.05) is 157 Å². The van der Waals surface area contributed by atoms with E-state index in [1.54, 1.807) is 0 Å². The summed E-state index contributed by atoms with van der Waals surface area (Å²) in [6.07, 6.45) is 20.5. The highest BCUT2D eigenvalue weighted by atomic mass is 16.5. The van der Waals surface area contributed by atoms with Gasteiger partial charge < -0.3 is 39.4 Å². The van der Waals surface area contributed by atoms with Crippen LogP contribution in [0.5, 0.6) is 0 Å². The molecule has 0 radical (unpaired) electrons. The first-order valence-electron chi connectivity index (χ1n) is 27.0. The number of hydrogen-bond acceptors (Lipinski definition) is 8. The zero-order valence-electron chi connectivity index (χ0n) is 43.0. The van der Waals surface area contributed by atoms with E-state index in [9.17, 15) is 20.4 Å². The molecule has 8 rings (SSSR count). The van der Waals surface area contributed by atoms with E-state index in [0.29, 0.717) is 64.3 Å². The van der Waals surface area contributed by atoms with Crippen molar-refractivity contribution in [1.29, 1.82) is 0 Å². The Morgan fingerprint density at radius 3 is 1.11 bits per heavy atom. The van der Waals surface area contributed by atoms with E-state index in [4.69, 9.17) is 18.9 Å². The van der Waals surface area contributed by atoms with E-state index >= 15 is 0 Å². The molecule has 2 saturated carbocycles. The van der Waals surface area contributed by atoms with Gasteiger partial charge in [0.2, 0.25) is 0 Å². The van der Waals surface area contributed by atoms with Crippen molar-refractivity contribution in [3.63, 3.8) is 0 Å². The highest BCUT2D eigenvalue weighted by molar-refractivity contribution is 5.32. The van der Waals surface area contributed by atoms with Crippen LogP contribution < -0.4 is 0 Å². The fraction of sp³-hybridized carbons (Fsp3) is 0.500. The number of hydrogen-bond donors (Lipinski definition) is 4. The quantitative estimate of drug-likeness (QED) is 0.0363. The maximum Gasteiger partial charge on any atom is 0.0720 e. The molecule has 0 unspecified atom stereocenters. The van der Waals surface area contributed by atoms with Crippen molar-refractivity contribution in [3.05, 3.63) is 192 Å². The molecule has 2 fully saturated rings. The zero-order chi connectivity index (χ0) is 50.5. The number of rotatable bonds is 26. The van der Waals surface area contributed by atoms with Crippen LogP contribution in [0.3, 0.4) is 0 Å². The highest BCUT2D eigenvalue weighted by Gasteiger charge is 2.61. The fourth-order valence-corrected chi connectivity index (χ4v) is 13.5. The molecule has 8 atom stereocenters. The molecule has 4 aliphatic carbocycles. The lowest BCUT2D eigenvalue weighted by Gasteiger charge is -2.53. The Kier molecular flexibility index (Phi) is 21.3. The predicted molar refractivity (Wildman–Crippen MR) is 288 cm³/mol. The van der Waals surface area contributed by atoms with E-state index < -0.39 is 21.7 Å². The molecule has 0 saturated heterocycles. The van der Waals surface area contributed by atoms with Crippen LogP contribution in [-0.2, 0) is 45.4 Å². The van der Waals surface area contributed by atoms with Crippen LogP contribution in [0.25, 0.3) is 0 Å². The van der Waals surface area contributed by atoms with Crippen molar-refractivity contribution in [1.82, 2.24) is 0 Å². The van der Waals surface area contributed by atoms with E-state index in [1.165, 1.54) is 11.1 Å². The molecule has 0 bridgehead atoms. The monoisotopic (exact) mass is 981 g/mol. The van der Waals surface area contributed by atoms with Gasteiger partial charge in [-0.15, -0.1) is 13.2 Å². The lowest BCUT2D eigenvalue weighted by atomic mass is 9.54. The van der Waals surface area contributed by atoms with Crippen LogP contribution >= 0.6 is 0 Å². The molecule has 4 N–H and O–H groups in total. The Morgan fingerprint density at radius 2 is 0.792 bits per heavy atom. The molecule has 8 nitrogen and oxygen atoms in total. The van der Waals surface area contributed by atoms with E-state index in [2.05, 4.69) is 73.8 Å². The summed E-state index contributed by atoms with van der Waals surface area (Å²) >= 11 is 0. The van der Waals surface area contributed by atoms with Gasteiger partial charge in [0.05, 0.1) is 65.1 Å². The molecule has 388 valence electrons. The van der Waals surface area contributed by atoms with Gasteiger partial charge in [-0.2, -0.15) is 0 Å². The molecule has 4 aromatic carbocycles. The van der Waals surface area contributed by atoms with Crippen molar-refractivity contribution in [2.24, 2.45) is 33.5 Å². The molecule has 4 aromatic rings. The fourth-order valence-electron chi connectivity index (χ4n) is 13.5. The molecule has 0 heterocycles. The Morgan fingerprint density at radius 1 is 0.444 bits per heavy atom. The van der Waals surface area contributed by atoms with Crippen molar-refractivity contribution < 1.29 is 39.4 Å². The normalized spacial score (nSPS) is 27.8. The number of fused-ring (bicyclic) bond motifs is 2.